The van der Waals surface area contributed by atoms with Gasteiger partial charge in [0.1, 0.15) is 17.1 Å². The predicted molar refractivity (Wildman–Crippen MR) is 111 cm³/mol. The molecule has 0 radical (unpaired) electrons. The lowest BCUT2D eigenvalue weighted by Crippen LogP contribution is -2.39. The minimum atomic E-state index is -3.54. The van der Waals surface area contributed by atoms with Crippen molar-refractivity contribution in [3.8, 4) is 11.5 Å². The lowest BCUT2D eigenvalue weighted by Gasteiger charge is -2.37. The van der Waals surface area contributed by atoms with Crippen molar-refractivity contribution in [3.05, 3.63) is 23.8 Å². The number of fused-ring (bicyclic) bond motifs is 1. The van der Waals surface area contributed by atoms with Gasteiger partial charge in [0, 0.05) is 24.6 Å². The molecule has 0 saturated heterocycles. The molecule has 9 heteroatoms. The summed E-state index contributed by atoms with van der Waals surface area (Å²) in [6, 6.07) is 5.58. The van der Waals surface area contributed by atoms with Crippen molar-refractivity contribution >= 4 is 16.0 Å². The maximum absolute atomic E-state index is 12.6. The van der Waals surface area contributed by atoms with Crippen LogP contribution in [-0.2, 0) is 19.6 Å². The van der Waals surface area contributed by atoms with Crippen molar-refractivity contribution in [1.82, 2.24) is 4.72 Å². The van der Waals surface area contributed by atoms with Crippen LogP contribution in [0.4, 0.5) is 0 Å². The van der Waals surface area contributed by atoms with Gasteiger partial charge >= 0.3 is 0 Å². The third-order valence-electron chi connectivity index (χ3n) is 4.74. The number of carboxylic acids is 1. The molecule has 1 heterocycles. The predicted octanol–water partition coefficient (Wildman–Crippen LogP) is 1.59. The fourth-order valence-electron chi connectivity index (χ4n) is 3.44. The summed E-state index contributed by atoms with van der Waals surface area (Å²) >= 11 is 0. The first-order valence-corrected chi connectivity index (χ1v) is 12.0. The monoisotopic (exact) mass is 442 g/mol. The molecule has 0 amide bonds. The van der Waals surface area contributed by atoms with E-state index in [1.807, 2.05) is 32.0 Å². The number of nitrogens with one attached hydrogen (secondary N) is 1. The van der Waals surface area contributed by atoms with E-state index in [2.05, 4.69) is 11.6 Å². The van der Waals surface area contributed by atoms with Gasteiger partial charge in [-0.05, 0) is 51.3 Å². The van der Waals surface area contributed by atoms with Crippen molar-refractivity contribution in [1.29, 1.82) is 0 Å². The molecule has 1 aliphatic rings. The minimum absolute atomic E-state index is 0.0644. The molecule has 1 aliphatic heterocycles. The summed E-state index contributed by atoms with van der Waals surface area (Å²) in [7, 11) is -3.54. The molecule has 1 unspecified atom stereocenters. The van der Waals surface area contributed by atoms with Crippen LogP contribution >= 0.6 is 0 Å². The summed E-state index contributed by atoms with van der Waals surface area (Å²) in [4.78, 5) is 10.3. The third-order valence-corrected chi connectivity index (χ3v) is 6.23. The molecule has 0 saturated carbocycles. The maximum atomic E-state index is 12.6. The second-order valence-corrected chi connectivity index (χ2v) is 9.97. The van der Waals surface area contributed by atoms with Gasteiger partial charge in [-0.1, -0.05) is 13.3 Å². The zero-order valence-corrected chi connectivity index (χ0v) is 18.8. The number of sulfonamides is 1. The van der Waals surface area contributed by atoms with Crippen molar-refractivity contribution in [2.45, 2.75) is 58.0 Å². The average Bonchev–Trinajstić information content (AvgIpc) is 2.64. The van der Waals surface area contributed by atoms with Gasteiger partial charge in [0.05, 0.1) is 24.9 Å². The van der Waals surface area contributed by atoms with E-state index in [9.17, 15) is 18.3 Å². The average molecular weight is 443 g/mol. The zero-order valence-electron chi connectivity index (χ0n) is 17.9. The van der Waals surface area contributed by atoms with Gasteiger partial charge < -0.3 is 24.1 Å². The van der Waals surface area contributed by atoms with Crippen LogP contribution in [0.15, 0.2) is 18.2 Å². The second-order valence-electron chi connectivity index (χ2n) is 8.12. The number of rotatable bonds is 13. The minimum Gasteiger partial charge on any atom is -0.548 e. The van der Waals surface area contributed by atoms with Crippen molar-refractivity contribution in [2.75, 3.05) is 32.1 Å². The van der Waals surface area contributed by atoms with Gasteiger partial charge in [-0.25, -0.2) is 13.1 Å². The van der Waals surface area contributed by atoms with Crippen LogP contribution in [0, 0.1) is 0 Å². The highest BCUT2D eigenvalue weighted by molar-refractivity contribution is 7.89. The van der Waals surface area contributed by atoms with Gasteiger partial charge in [-0.2, -0.15) is 0 Å². The molecule has 0 bridgehead atoms. The van der Waals surface area contributed by atoms with Crippen LogP contribution in [0.25, 0.3) is 0 Å². The first-order chi connectivity index (χ1) is 14.1. The fourth-order valence-corrected chi connectivity index (χ4v) is 4.84. The van der Waals surface area contributed by atoms with Gasteiger partial charge in [0.25, 0.3) is 0 Å². The van der Waals surface area contributed by atoms with Crippen molar-refractivity contribution < 1.29 is 32.5 Å². The van der Waals surface area contributed by atoms with Crippen LogP contribution in [0.3, 0.4) is 0 Å². The summed E-state index contributed by atoms with van der Waals surface area (Å²) in [5.41, 5.74) is 0.363. The molecule has 0 aromatic heterocycles. The zero-order chi connectivity index (χ0) is 22.2. The highest BCUT2D eigenvalue weighted by Crippen LogP contribution is 2.42. The molecule has 30 heavy (non-hydrogen) atoms. The Morgan fingerprint density at radius 2 is 2.07 bits per heavy atom. The van der Waals surface area contributed by atoms with E-state index in [1.165, 1.54) is 0 Å². The Morgan fingerprint density at radius 1 is 1.30 bits per heavy atom. The summed E-state index contributed by atoms with van der Waals surface area (Å²) in [5, 5.41) is 10.3. The molecule has 1 N–H and O–H groups in total. The molecule has 8 nitrogen and oxygen atoms in total. The van der Waals surface area contributed by atoms with Crippen LogP contribution in [0.5, 0.6) is 11.5 Å². The lowest BCUT2D eigenvalue weighted by molar-refractivity contribution is -0.309. The first-order valence-electron chi connectivity index (χ1n) is 10.3. The van der Waals surface area contributed by atoms with Crippen LogP contribution in [-0.4, -0.2) is 52.1 Å². The normalized spacial score (nSPS) is 17.8. The number of hydrogen-bond donors (Lipinski definition) is 1. The Hall–Kier alpha value is -1.84. The largest absolute Gasteiger partial charge is 0.548 e. The Bertz CT molecular complexity index is 808. The van der Waals surface area contributed by atoms with Gasteiger partial charge in [-0.15, -0.1) is 0 Å². The van der Waals surface area contributed by atoms with Crippen LogP contribution in [0.1, 0.15) is 57.9 Å². The van der Waals surface area contributed by atoms with E-state index in [0.717, 1.165) is 18.4 Å². The standard InChI is InChI=1S/C21H33NO7S/c1-4-5-11-28-17-7-8-19-18(12-17)16(13-21(2,3)29-19)15-30(25,26)22-9-6-10-27-14-20(23)24/h7-8,12,16,22H,4-6,9-11,13-15H2,1-3H3,(H,23,24)/p-1. The van der Waals surface area contributed by atoms with Gasteiger partial charge in [-0.3, -0.25) is 0 Å². The number of hydrogen-bond acceptors (Lipinski definition) is 7. The Kier molecular flexibility index (Phi) is 8.93. The van der Waals surface area contributed by atoms with E-state index in [4.69, 9.17) is 14.2 Å². The molecule has 1 aromatic rings. The number of benzene rings is 1. The van der Waals surface area contributed by atoms with E-state index in [-0.39, 0.29) is 24.8 Å². The van der Waals surface area contributed by atoms with Gasteiger partial charge in [0.2, 0.25) is 10.0 Å². The third kappa shape index (κ3) is 8.12. The topological polar surface area (TPSA) is 114 Å². The molecule has 0 fully saturated rings. The molecule has 0 spiro atoms. The number of carbonyl (C=O) groups is 1. The smallest absolute Gasteiger partial charge is 0.212 e. The van der Waals surface area contributed by atoms with Crippen molar-refractivity contribution in [2.24, 2.45) is 0 Å². The van der Waals surface area contributed by atoms with Crippen LogP contribution < -0.4 is 19.3 Å². The molecule has 0 aliphatic carbocycles. The first kappa shape index (κ1) is 24.4. The number of ether oxygens (including phenoxy) is 3. The summed E-state index contributed by atoms with van der Waals surface area (Å²) in [6.07, 6.45) is 2.92. The Labute approximate surface area is 179 Å². The molecule has 2 rings (SSSR count). The number of carbonyl (C=O) groups excluding carboxylic acids is 1. The number of carboxylic acid groups (broad SMARTS) is 1. The Morgan fingerprint density at radius 3 is 2.77 bits per heavy atom. The number of aliphatic carboxylic acids is 1. The van der Waals surface area contributed by atoms with Crippen LogP contribution in [0.2, 0.25) is 0 Å². The SMILES string of the molecule is CCCCOc1ccc2c(c1)C(CS(=O)(=O)NCCCOCC(=O)[O-])CC(C)(C)O2. The van der Waals surface area contributed by atoms with E-state index >= 15 is 0 Å². The molecule has 170 valence electrons. The summed E-state index contributed by atoms with van der Waals surface area (Å²) < 4.78 is 44.5. The summed E-state index contributed by atoms with van der Waals surface area (Å²) in [6.45, 7) is 6.43. The highest BCUT2D eigenvalue weighted by atomic mass is 32.2. The van der Waals surface area contributed by atoms with E-state index < -0.39 is 28.2 Å². The fraction of sp³-hybridized carbons (Fsp3) is 0.667. The Balaban J connectivity index is 2.01. The lowest BCUT2D eigenvalue weighted by atomic mass is 9.85. The highest BCUT2D eigenvalue weighted by Gasteiger charge is 2.36. The maximum Gasteiger partial charge on any atom is 0.212 e. The van der Waals surface area contributed by atoms with E-state index in [0.29, 0.717) is 30.9 Å². The molecular weight excluding hydrogens is 410 g/mol. The van der Waals surface area contributed by atoms with Gasteiger partial charge in [0.15, 0.2) is 0 Å². The van der Waals surface area contributed by atoms with Crippen molar-refractivity contribution in [3.63, 3.8) is 0 Å². The quantitative estimate of drug-likeness (QED) is 0.461. The summed E-state index contributed by atoms with van der Waals surface area (Å²) in [5.74, 6) is -0.193. The number of unbranched alkanes of at least 4 members (excludes halogenated alkanes) is 1. The molecule has 1 atom stereocenters. The van der Waals surface area contributed by atoms with E-state index in [1.54, 1.807) is 0 Å². The molecule has 1 aromatic carbocycles. The molecular formula is C21H32NO7S-. The second kappa shape index (κ2) is 11.0.